The number of carbonyl (C=O) groups is 2. The van der Waals surface area contributed by atoms with Gasteiger partial charge in [0.2, 0.25) is 5.91 Å². The molecule has 4 fully saturated rings. The van der Waals surface area contributed by atoms with Crippen molar-refractivity contribution in [1.29, 1.82) is 0 Å². The Morgan fingerprint density at radius 2 is 1.89 bits per heavy atom. The quantitative estimate of drug-likeness (QED) is 0.777. The second-order valence-electron chi connectivity index (χ2n) is 8.48. The lowest BCUT2D eigenvalue weighted by atomic mass is 9.49. The summed E-state index contributed by atoms with van der Waals surface area (Å²) in [5.41, 5.74) is 1.76. The number of methoxy groups -OCH3 is 1. The lowest BCUT2D eigenvalue weighted by Gasteiger charge is -2.55. The number of carbonyl (C=O) groups excluding carboxylic acids is 2. The van der Waals surface area contributed by atoms with Gasteiger partial charge in [-0.15, -0.1) is 11.3 Å². The van der Waals surface area contributed by atoms with Gasteiger partial charge >= 0.3 is 5.97 Å². The van der Waals surface area contributed by atoms with E-state index in [1.807, 2.05) is 5.38 Å². The summed E-state index contributed by atoms with van der Waals surface area (Å²) in [5.74, 6) is 1.97. The number of rotatable bonds is 4. The van der Waals surface area contributed by atoms with Crippen LogP contribution in [0.2, 0.25) is 0 Å². The van der Waals surface area contributed by atoms with Crippen molar-refractivity contribution in [2.45, 2.75) is 38.5 Å². The predicted octanol–water partition coefficient (Wildman–Crippen LogP) is 4.08. The molecule has 6 nitrogen and oxygen atoms in total. The Bertz CT molecular complexity index is 865. The third-order valence-electron chi connectivity index (χ3n) is 6.63. The lowest BCUT2D eigenvalue weighted by molar-refractivity contribution is -0.140. The number of hydrogen-bond donors (Lipinski definition) is 2. The highest BCUT2D eigenvalue weighted by Gasteiger charge is 2.54. The Morgan fingerprint density at radius 3 is 2.52 bits per heavy atom. The van der Waals surface area contributed by atoms with Crippen molar-refractivity contribution in [1.82, 2.24) is 9.97 Å². The monoisotopic (exact) mass is 385 g/mol. The van der Waals surface area contributed by atoms with Crippen LogP contribution in [0.4, 0.5) is 5.13 Å². The van der Waals surface area contributed by atoms with Crippen LogP contribution in [-0.4, -0.2) is 29.0 Å². The van der Waals surface area contributed by atoms with Crippen LogP contribution in [0, 0.1) is 23.2 Å². The standard InChI is InChI=1S/C20H23N3O3S/c1-26-17(24)15-5-14(9-21-15)16-10-27-19(22-16)23-18(25)20-6-11-2-12(7-20)4-13(3-11)8-20/h5,9-13,21H,2-4,6-8H2,1H3,(H,22,23,25). The van der Waals surface area contributed by atoms with Gasteiger partial charge in [0.25, 0.3) is 0 Å². The van der Waals surface area contributed by atoms with Gasteiger partial charge in [0.05, 0.1) is 18.2 Å². The van der Waals surface area contributed by atoms with E-state index < -0.39 is 5.97 Å². The molecule has 2 heterocycles. The molecule has 4 aliphatic rings. The van der Waals surface area contributed by atoms with Gasteiger partial charge in [-0.05, 0) is 62.3 Å². The van der Waals surface area contributed by atoms with Crippen molar-refractivity contribution in [3.05, 3.63) is 23.3 Å². The minimum Gasteiger partial charge on any atom is -0.464 e. The SMILES string of the molecule is COC(=O)c1cc(-c2csc(NC(=O)C34CC5CC(CC(C5)C3)C4)n2)c[nH]1. The van der Waals surface area contributed by atoms with Gasteiger partial charge in [0.15, 0.2) is 5.13 Å². The van der Waals surface area contributed by atoms with E-state index in [0.717, 1.165) is 48.3 Å². The molecular formula is C20H23N3O3S. The number of H-pyrrole nitrogens is 1. The maximum absolute atomic E-state index is 13.1. The molecule has 142 valence electrons. The van der Waals surface area contributed by atoms with Crippen LogP contribution in [0.3, 0.4) is 0 Å². The first-order chi connectivity index (χ1) is 13.0. The van der Waals surface area contributed by atoms with E-state index in [1.165, 1.54) is 37.7 Å². The normalized spacial score (nSPS) is 31.1. The zero-order valence-corrected chi connectivity index (χ0v) is 16.1. The topological polar surface area (TPSA) is 84.1 Å². The summed E-state index contributed by atoms with van der Waals surface area (Å²) in [6.45, 7) is 0. The Labute approximate surface area is 161 Å². The Kier molecular flexibility index (Phi) is 3.89. The van der Waals surface area contributed by atoms with Gasteiger partial charge in [-0.1, -0.05) is 0 Å². The van der Waals surface area contributed by atoms with Crippen molar-refractivity contribution in [2.24, 2.45) is 23.2 Å². The molecule has 0 atom stereocenters. The molecule has 2 N–H and O–H groups in total. The molecule has 2 aromatic heterocycles. The van der Waals surface area contributed by atoms with Crippen LogP contribution in [0.25, 0.3) is 11.3 Å². The zero-order valence-electron chi connectivity index (χ0n) is 15.3. The summed E-state index contributed by atoms with van der Waals surface area (Å²) in [4.78, 5) is 32.2. The highest BCUT2D eigenvalue weighted by atomic mass is 32.1. The summed E-state index contributed by atoms with van der Waals surface area (Å²) in [7, 11) is 1.35. The molecule has 7 heteroatoms. The number of aromatic nitrogens is 2. The Morgan fingerprint density at radius 1 is 1.22 bits per heavy atom. The molecule has 0 saturated heterocycles. The minimum atomic E-state index is -0.410. The molecule has 0 spiro atoms. The largest absolute Gasteiger partial charge is 0.464 e. The maximum atomic E-state index is 13.1. The third-order valence-corrected chi connectivity index (χ3v) is 7.39. The summed E-state index contributed by atoms with van der Waals surface area (Å²) in [6, 6.07) is 1.71. The van der Waals surface area contributed by atoms with E-state index in [-0.39, 0.29) is 11.3 Å². The summed E-state index contributed by atoms with van der Waals surface area (Å²) in [5, 5.41) is 5.63. The second kappa shape index (κ2) is 6.19. The van der Waals surface area contributed by atoms with Gasteiger partial charge in [-0.3, -0.25) is 4.79 Å². The fraction of sp³-hybridized carbons (Fsp3) is 0.550. The van der Waals surface area contributed by atoms with Gasteiger partial charge in [0, 0.05) is 17.1 Å². The van der Waals surface area contributed by atoms with Crippen LogP contribution in [0.1, 0.15) is 49.0 Å². The molecule has 0 aromatic carbocycles. The highest BCUT2D eigenvalue weighted by Crippen LogP contribution is 2.60. The molecule has 2 aromatic rings. The molecule has 6 rings (SSSR count). The van der Waals surface area contributed by atoms with E-state index in [4.69, 9.17) is 4.74 Å². The summed E-state index contributed by atoms with van der Waals surface area (Å²) >= 11 is 1.43. The molecule has 27 heavy (non-hydrogen) atoms. The van der Waals surface area contributed by atoms with E-state index in [1.54, 1.807) is 12.3 Å². The Balaban J connectivity index is 1.31. The maximum Gasteiger partial charge on any atom is 0.354 e. The van der Waals surface area contributed by atoms with Crippen LogP contribution < -0.4 is 5.32 Å². The zero-order chi connectivity index (χ0) is 18.6. The first-order valence-electron chi connectivity index (χ1n) is 9.59. The fourth-order valence-corrected chi connectivity index (χ4v) is 6.57. The van der Waals surface area contributed by atoms with Crippen molar-refractivity contribution in [3.63, 3.8) is 0 Å². The summed E-state index contributed by atoms with van der Waals surface area (Å²) < 4.78 is 4.72. The smallest absolute Gasteiger partial charge is 0.354 e. The van der Waals surface area contributed by atoms with Crippen molar-refractivity contribution < 1.29 is 14.3 Å². The average molecular weight is 385 g/mol. The first-order valence-corrected chi connectivity index (χ1v) is 10.5. The molecule has 0 aliphatic heterocycles. The first kappa shape index (κ1) is 17.0. The fourth-order valence-electron chi connectivity index (χ4n) is 5.85. The summed E-state index contributed by atoms with van der Waals surface area (Å²) in [6.07, 6.45) is 8.83. The highest BCUT2D eigenvalue weighted by molar-refractivity contribution is 7.14. The van der Waals surface area contributed by atoms with E-state index in [0.29, 0.717) is 10.8 Å². The molecule has 0 unspecified atom stereocenters. The third kappa shape index (κ3) is 2.88. The molecule has 0 radical (unpaired) electrons. The number of esters is 1. The van der Waals surface area contributed by atoms with Gasteiger partial charge in [-0.2, -0.15) is 0 Å². The number of nitrogens with zero attached hydrogens (tertiary/aromatic N) is 1. The molecule has 4 aliphatic carbocycles. The van der Waals surface area contributed by atoms with E-state index in [9.17, 15) is 9.59 Å². The van der Waals surface area contributed by atoms with Crippen molar-refractivity contribution >= 4 is 28.3 Å². The minimum absolute atomic E-state index is 0.159. The van der Waals surface area contributed by atoms with Crippen molar-refractivity contribution in [3.8, 4) is 11.3 Å². The number of ether oxygens (including phenoxy) is 1. The number of hydrogen-bond acceptors (Lipinski definition) is 5. The van der Waals surface area contributed by atoms with Gasteiger partial charge in [-0.25, -0.2) is 9.78 Å². The molecule has 4 saturated carbocycles. The predicted molar refractivity (Wildman–Crippen MR) is 102 cm³/mol. The van der Waals surface area contributed by atoms with Gasteiger partial charge in [0.1, 0.15) is 5.69 Å². The van der Waals surface area contributed by atoms with Gasteiger partial charge < -0.3 is 15.0 Å². The number of thiazole rings is 1. The number of nitrogens with one attached hydrogen (secondary N) is 2. The van der Waals surface area contributed by atoms with E-state index in [2.05, 4.69) is 15.3 Å². The van der Waals surface area contributed by atoms with Crippen molar-refractivity contribution in [2.75, 3.05) is 12.4 Å². The average Bonchev–Trinajstić information content (AvgIpc) is 3.29. The number of aromatic amines is 1. The van der Waals surface area contributed by atoms with E-state index >= 15 is 0 Å². The lowest BCUT2D eigenvalue weighted by Crippen LogP contribution is -2.51. The molecular weight excluding hydrogens is 362 g/mol. The number of amides is 1. The van der Waals surface area contributed by atoms with Crippen LogP contribution in [-0.2, 0) is 9.53 Å². The Hall–Kier alpha value is -2.15. The number of anilines is 1. The van der Waals surface area contributed by atoms with Crippen LogP contribution >= 0.6 is 11.3 Å². The second-order valence-corrected chi connectivity index (χ2v) is 9.34. The molecule has 1 amide bonds. The van der Waals surface area contributed by atoms with Crippen LogP contribution in [0.15, 0.2) is 17.6 Å². The molecule has 4 bridgehead atoms. The van der Waals surface area contributed by atoms with Crippen LogP contribution in [0.5, 0.6) is 0 Å².